The van der Waals surface area contributed by atoms with Crippen molar-refractivity contribution in [2.24, 2.45) is 0 Å². The van der Waals surface area contributed by atoms with Crippen LogP contribution in [0.1, 0.15) is 10.5 Å². The summed E-state index contributed by atoms with van der Waals surface area (Å²) in [4.78, 5) is 53.7. The summed E-state index contributed by atoms with van der Waals surface area (Å²) in [6, 6.07) is -0.997. The fraction of sp³-hybridized carbons (Fsp3) is 0.267. The topological polar surface area (TPSA) is 184 Å². The second-order valence-electron chi connectivity index (χ2n) is 6.13. The maximum Gasteiger partial charge on any atom is 0.352 e. The molecule has 5 N–H and O–H groups in total. The number of nitrogen functional groups attached to an aromatic ring is 1. The summed E-state index contributed by atoms with van der Waals surface area (Å²) < 4.78 is 0. The van der Waals surface area contributed by atoms with E-state index in [0.717, 1.165) is 16.2 Å². The van der Waals surface area contributed by atoms with Crippen LogP contribution in [0.4, 0.5) is 5.13 Å². The molecule has 0 bridgehead atoms. The van der Waals surface area contributed by atoms with Crippen LogP contribution in [0.2, 0.25) is 0 Å². The van der Waals surface area contributed by atoms with Crippen LogP contribution < -0.4 is 11.1 Å². The quantitative estimate of drug-likeness (QED) is 0.179. The van der Waals surface area contributed by atoms with Gasteiger partial charge in [0, 0.05) is 16.9 Å². The molecule has 0 aliphatic carbocycles. The third kappa shape index (κ3) is 3.66. The average Bonchev–Trinajstić information content (AvgIpc) is 3.40. The Morgan fingerprint density at radius 2 is 2.23 bits per heavy atom. The van der Waals surface area contributed by atoms with Gasteiger partial charge in [0.25, 0.3) is 17.6 Å². The van der Waals surface area contributed by atoms with Crippen molar-refractivity contribution >= 4 is 63.6 Å². The smallest absolute Gasteiger partial charge is 0.352 e. The van der Waals surface area contributed by atoms with Crippen LogP contribution in [-0.4, -0.2) is 76.9 Å². The van der Waals surface area contributed by atoms with Gasteiger partial charge in [-0.3, -0.25) is 24.4 Å². The summed E-state index contributed by atoms with van der Waals surface area (Å²) in [6.07, 6.45) is 1.51. The summed E-state index contributed by atoms with van der Waals surface area (Å²) in [5.41, 5.74) is 5.82. The molecule has 2 atom stereocenters. The zero-order chi connectivity index (χ0) is 21.4. The lowest BCUT2D eigenvalue weighted by atomic mass is 10.0. The highest BCUT2D eigenvalue weighted by molar-refractivity contribution is 8.01. The number of hydrogen-bond acceptors (Lipinski definition) is 11. The molecule has 0 saturated carbocycles. The minimum Gasteiger partial charge on any atom is -0.477 e. The highest BCUT2D eigenvalue weighted by atomic mass is 32.2. The molecule has 0 aromatic carbocycles. The Morgan fingerprint density at radius 3 is 2.87 bits per heavy atom. The van der Waals surface area contributed by atoms with E-state index in [0.29, 0.717) is 22.1 Å². The Morgan fingerprint density at radius 1 is 1.43 bits per heavy atom. The summed E-state index contributed by atoms with van der Waals surface area (Å²) in [5.74, 6) is -3.04. The number of carboxylic acid groups (broad SMARTS) is 1. The minimum atomic E-state index is -1.23. The molecule has 2 aliphatic heterocycles. The van der Waals surface area contributed by atoms with Gasteiger partial charge in [0.05, 0.1) is 6.20 Å². The number of β-lactam (4-membered cyclic amide) rings is 1. The molecule has 15 heteroatoms. The molecule has 4 rings (SSSR count). The third-order valence-electron chi connectivity index (χ3n) is 4.29. The van der Waals surface area contributed by atoms with Crippen LogP contribution in [0.5, 0.6) is 0 Å². The van der Waals surface area contributed by atoms with Crippen molar-refractivity contribution in [3.8, 4) is 0 Å². The summed E-state index contributed by atoms with van der Waals surface area (Å²) in [6.45, 7) is 0. The van der Waals surface area contributed by atoms with Gasteiger partial charge in [0.2, 0.25) is 0 Å². The van der Waals surface area contributed by atoms with Crippen molar-refractivity contribution in [1.29, 1.82) is 0 Å². The Bertz CT molecular complexity index is 1070. The molecule has 12 nitrogen and oxygen atoms in total. The second kappa shape index (κ2) is 8.08. The van der Waals surface area contributed by atoms with Gasteiger partial charge in [-0.25, -0.2) is 9.78 Å². The number of nitrogens with zero attached hydrogens (tertiary/aromatic N) is 4. The van der Waals surface area contributed by atoms with Crippen molar-refractivity contribution in [3.05, 3.63) is 28.5 Å². The first-order valence-corrected chi connectivity index (χ1v) is 11.2. The summed E-state index contributed by atoms with van der Waals surface area (Å²) >= 11 is 3.65. The Kier molecular flexibility index (Phi) is 5.48. The zero-order valence-corrected chi connectivity index (χ0v) is 17.3. The van der Waals surface area contributed by atoms with Crippen molar-refractivity contribution in [2.75, 3.05) is 17.2 Å². The highest BCUT2D eigenvalue weighted by Crippen LogP contribution is 2.41. The van der Waals surface area contributed by atoms with Gasteiger partial charge in [0.1, 0.15) is 27.8 Å². The lowest BCUT2D eigenvalue weighted by Gasteiger charge is -2.49. The molecule has 2 aromatic rings. The largest absolute Gasteiger partial charge is 0.477 e. The van der Waals surface area contributed by atoms with E-state index in [-0.39, 0.29) is 16.5 Å². The Balaban J connectivity index is 1.46. The molecule has 30 heavy (non-hydrogen) atoms. The number of aromatic nitrogens is 4. The summed E-state index contributed by atoms with van der Waals surface area (Å²) in [7, 11) is 0. The van der Waals surface area contributed by atoms with Gasteiger partial charge in [-0.05, 0) is 5.57 Å². The molecule has 1 fully saturated rings. The van der Waals surface area contributed by atoms with Crippen molar-refractivity contribution in [1.82, 2.24) is 30.6 Å². The van der Waals surface area contributed by atoms with Gasteiger partial charge in [-0.1, -0.05) is 5.21 Å². The number of hydrogen-bond donors (Lipinski definition) is 4. The number of ketones is 1. The Labute approximate surface area is 180 Å². The molecule has 0 spiro atoms. The number of anilines is 1. The van der Waals surface area contributed by atoms with Gasteiger partial charge in [-0.2, -0.15) is 0 Å². The molecular formula is C15H13N7O5S3. The van der Waals surface area contributed by atoms with E-state index in [4.69, 9.17) is 5.73 Å². The molecule has 2 amide bonds. The molecule has 1 saturated heterocycles. The number of nitrogens with two attached hydrogens (primary N) is 1. The maximum absolute atomic E-state index is 12.6. The number of aliphatic carboxylic acids is 1. The van der Waals surface area contributed by atoms with Crippen molar-refractivity contribution < 1.29 is 24.3 Å². The number of thioether (sulfide) groups is 2. The van der Waals surface area contributed by atoms with Gasteiger partial charge in [0.15, 0.2) is 5.13 Å². The first kappa shape index (κ1) is 20.4. The number of fused-ring (bicyclic) bond motifs is 1. The number of amides is 2. The number of nitrogens with one attached hydrogen (secondary N) is 2. The van der Waals surface area contributed by atoms with Gasteiger partial charge in [-0.15, -0.1) is 40.0 Å². The number of aromatic amines is 1. The van der Waals surface area contributed by atoms with Crippen LogP contribution in [0.3, 0.4) is 0 Å². The van der Waals surface area contributed by atoms with E-state index in [1.807, 2.05) is 0 Å². The van der Waals surface area contributed by atoms with Crippen LogP contribution >= 0.6 is 34.9 Å². The number of Topliss-reactive ketones (excluding diaryl/α,β-unsaturated/α-hetero) is 1. The maximum atomic E-state index is 12.6. The van der Waals surface area contributed by atoms with E-state index in [1.165, 1.54) is 35.1 Å². The van der Waals surface area contributed by atoms with Crippen LogP contribution in [0.15, 0.2) is 27.9 Å². The first-order chi connectivity index (χ1) is 14.4. The van der Waals surface area contributed by atoms with E-state index >= 15 is 0 Å². The molecule has 1 unspecified atom stereocenters. The second-order valence-corrected chi connectivity index (χ2v) is 9.14. The lowest BCUT2D eigenvalue weighted by molar-refractivity contribution is -0.150. The number of rotatable bonds is 7. The van der Waals surface area contributed by atoms with Crippen molar-refractivity contribution in [2.45, 2.75) is 16.4 Å². The number of carbonyl (C=O) groups excluding carboxylic acids is 3. The normalized spacial score (nSPS) is 20.5. The fourth-order valence-electron chi connectivity index (χ4n) is 2.93. The van der Waals surface area contributed by atoms with Crippen LogP contribution in [0, 0.1) is 0 Å². The minimum absolute atomic E-state index is 0.103. The van der Waals surface area contributed by atoms with E-state index < -0.39 is 35.0 Å². The predicted octanol–water partition coefficient (Wildman–Crippen LogP) is -0.443. The average molecular weight is 468 g/mol. The molecule has 156 valence electrons. The summed E-state index contributed by atoms with van der Waals surface area (Å²) in [5, 5.41) is 23.5. The third-order valence-corrected chi connectivity index (χ3v) is 7.31. The van der Waals surface area contributed by atoms with Crippen LogP contribution in [0.25, 0.3) is 0 Å². The monoisotopic (exact) mass is 467 g/mol. The number of carbonyl (C=O) groups is 4. The number of carboxylic acids is 1. The van der Waals surface area contributed by atoms with Crippen LogP contribution in [-0.2, 0) is 14.4 Å². The fourth-order valence-corrected chi connectivity index (χ4v) is 5.75. The molecular weight excluding hydrogens is 454 g/mol. The van der Waals surface area contributed by atoms with E-state index in [2.05, 4.69) is 25.7 Å². The molecule has 2 aliphatic rings. The lowest BCUT2D eigenvalue weighted by Crippen LogP contribution is -2.71. The standard InChI is InChI=1S/C15H13N7O5S3/c16-15-18-6(4-30-15)10(23)11(24)19-8-12(25)22-9(14(26)27)5(3-29-13(8)22)2-28-7-1-17-21-20-7/h1,4,8,13H,2-3H2,(H2,16,18)(H,19,24)(H,26,27)(H,17,20,21)/t8?,13-/m0/s1. The first-order valence-electron chi connectivity index (χ1n) is 8.32. The number of thiazole rings is 1. The molecule has 4 heterocycles. The molecule has 0 radical (unpaired) electrons. The molecule has 2 aromatic heterocycles. The highest BCUT2D eigenvalue weighted by Gasteiger charge is 2.54. The SMILES string of the molecule is Nc1nc(C(=O)C(=O)NC2C(=O)N3C(C(=O)O)=C(CSc4cnn[nH]4)CS[C@@H]23)cs1. The Hall–Kier alpha value is -2.91. The van der Waals surface area contributed by atoms with E-state index in [1.54, 1.807) is 0 Å². The van der Waals surface area contributed by atoms with E-state index in [9.17, 15) is 24.3 Å². The predicted molar refractivity (Wildman–Crippen MR) is 108 cm³/mol. The van der Waals surface area contributed by atoms with Crippen molar-refractivity contribution in [3.63, 3.8) is 0 Å². The van der Waals surface area contributed by atoms with Gasteiger partial charge >= 0.3 is 5.97 Å². The number of H-pyrrole nitrogens is 1. The zero-order valence-electron chi connectivity index (χ0n) is 14.9. The van der Waals surface area contributed by atoms with Gasteiger partial charge < -0.3 is 16.2 Å².